The molecular weight excluding hydrogens is 255 g/mol. The summed E-state index contributed by atoms with van der Waals surface area (Å²) in [5, 5.41) is -1.39. The van der Waals surface area contributed by atoms with Gasteiger partial charge in [-0.15, -0.1) is 0 Å². The van der Waals surface area contributed by atoms with Crippen LogP contribution in [0.1, 0.15) is 13.8 Å². The van der Waals surface area contributed by atoms with Crippen molar-refractivity contribution in [2.75, 3.05) is 0 Å². The molecule has 0 heterocycles. The van der Waals surface area contributed by atoms with Crippen molar-refractivity contribution in [3.8, 4) is 5.75 Å². The SMILES string of the molecule is CC(C)Oc1ccc(N=C(Cl)C(F)(F)F)cc1. The van der Waals surface area contributed by atoms with Crippen LogP contribution in [-0.4, -0.2) is 17.5 Å². The van der Waals surface area contributed by atoms with Crippen molar-refractivity contribution in [3.63, 3.8) is 0 Å². The Morgan fingerprint density at radius 3 is 2.18 bits per heavy atom. The second-order valence-corrected chi connectivity index (χ2v) is 3.92. The van der Waals surface area contributed by atoms with Gasteiger partial charge in [-0.2, -0.15) is 13.2 Å². The molecule has 0 aliphatic carbocycles. The third-order valence-electron chi connectivity index (χ3n) is 1.67. The number of alkyl halides is 3. The minimum atomic E-state index is -4.62. The highest BCUT2D eigenvalue weighted by Crippen LogP contribution is 2.25. The maximum atomic E-state index is 12.1. The lowest BCUT2D eigenvalue weighted by atomic mass is 10.3. The molecule has 0 bridgehead atoms. The fraction of sp³-hybridized carbons (Fsp3) is 0.364. The smallest absolute Gasteiger partial charge is 0.444 e. The van der Waals surface area contributed by atoms with Gasteiger partial charge in [-0.1, -0.05) is 11.6 Å². The Hall–Kier alpha value is -1.23. The third kappa shape index (κ3) is 4.65. The zero-order valence-electron chi connectivity index (χ0n) is 9.25. The van der Waals surface area contributed by atoms with Crippen molar-refractivity contribution >= 4 is 22.5 Å². The largest absolute Gasteiger partial charge is 0.491 e. The van der Waals surface area contributed by atoms with Crippen LogP contribution in [0.4, 0.5) is 18.9 Å². The molecule has 0 N–H and O–H groups in total. The van der Waals surface area contributed by atoms with Crippen molar-refractivity contribution in [2.45, 2.75) is 26.1 Å². The summed E-state index contributed by atoms with van der Waals surface area (Å²) in [7, 11) is 0. The van der Waals surface area contributed by atoms with E-state index in [-0.39, 0.29) is 11.8 Å². The highest BCUT2D eigenvalue weighted by Gasteiger charge is 2.34. The van der Waals surface area contributed by atoms with Gasteiger partial charge in [-0.3, -0.25) is 0 Å². The molecule has 0 unspecified atom stereocenters. The van der Waals surface area contributed by atoms with Crippen LogP contribution in [0.2, 0.25) is 0 Å². The fourth-order valence-corrected chi connectivity index (χ4v) is 1.15. The van der Waals surface area contributed by atoms with E-state index >= 15 is 0 Å². The van der Waals surface area contributed by atoms with Crippen molar-refractivity contribution in [2.24, 2.45) is 4.99 Å². The summed E-state index contributed by atoms with van der Waals surface area (Å²) in [5.41, 5.74) is 0.128. The third-order valence-corrected chi connectivity index (χ3v) is 1.97. The predicted molar refractivity (Wildman–Crippen MR) is 61.2 cm³/mol. The standard InChI is InChI=1S/C11H11ClF3NO/c1-7(2)17-9-5-3-8(4-6-9)16-10(12)11(13,14)15/h3-7H,1-2H3. The average molecular weight is 266 g/mol. The summed E-state index contributed by atoms with van der Waals surface area (Å²) in [6, 6.07) is 5.90. The van der Waals surface area contributed by atoms with Gasteiger partial charge in [0.2, 0.25) is 5.17 Å². The summed E-state index contributed by atoms with van der Waals surface area (Å²) >= 11 is 5.01. The molecule has 94 valence electrons. The van der Waals surface area contributed by atoms with E-state index in [1.165, 1.54) is 12.1 Å². The van der Waals surface area contributed by atoms with Gasteiger partial charge in [-0.05, 0) is 38.1 Å². The minimum Gasteiger partial charge on any atom is -0.491 e. The molecule has 1 aromatic carbocycles. The first-order chi connectivity index (χ1) is 7.79. The Morgan fingerprint density at radius 2 is 1.76 bits per heavy atom. The van der Waals surface area contributed by atoms with Gasteiger partial charge >= 0.3 is 6.18 Å². The molecule has 0 spiro atoms. The average Bonchev–Trinajstić information content (AvgIpc) is 2.18. The molecule has 0 atom stereocenters. The molecule has 1 rings (SSSR count). The van der Waals surface area contributed by atoms with E-state index in [1.807, 2.05) is 13.8 Å². The van der Waals surface area contributed by atoms with Crippen LogP contribution in [-0.2, 0) is 0 Å². The Bertz CT molecular complexity index is 398. The predicted octanol–water partition coefficient (Wildman–Crippen LogP) is 4.30. The summed E-state index contributed by atoms with van der Waals surface area (Å²) in [5.74, 6) is 0.571. The van der Waals surface area contributed by atoms with Gasteiger partial charge in [0.25, 0.3) is 0 Å². The number of rotatable bonds is 3. The second kappa shape index (κ2) is 5.40. The van der Waals surface area contributed by atoms with E-state index < -0.39 is 11.3 Å². The fourth-order valence-electron chi connectivity index (χ4n) is 1.05. The van der Waals surface area contributed by atoms with Gasteiger partial charge in [0.1, 0.15) is 5.75 Å². The number of ether oxygens (including phenoxy) is 1. The lowest BCUT2D eigenvalue weighted by molar-refractivity contribution is -0.0558. The minimum absolute atomic E-state index is 0.00288. The Labute approximate surface area is 102 Å². The first kappa shape index (κ1) is 13.8. The molecule has 0 aliphatic rings. The number of hydrogen-bond acceptors (Lipinski definition) is 2. The van der Waals surface area contributed by atoms with Crippen LogP contribution in [0, 0.1) is 0 Å². The van der Waals surface area contributed by atoms with Crippen LogP contribution in [0.5, 0.6) is 5.75 Å². The molecule has 0 amide bonds. The van der Waals surface area contributed by atoms with E-state index in [9.17, 15) is 13.2 Å². The van der Waals surface area contributed by atoms with E-state index in [0.29, 0.717) is 5.75 Å². The van der Waals surface area contributed by atoms with Crippen molar-refractivity contribution in [1.29, 1.82) is 0 Å². The highest BCUT2D eigenvalue weighted by atomic mass is 35.5. The van der Waals surface area contributed by atoms with Gasteiger partial charge in [0, 0.05) is 0 Å². The maximum Gasteiger partial charge on any atom is 0.444 e. The van der Waals surface area contributed by atoms with E-state index in [0.717, 1.165) is 0 Å². The number of benzene rings is 1. The second-order valence-electron chi connectivity index (χ2n) is 3.56. The van der Waals surface area contributed by atoms with Crippen LogP contribution >= 0.6 is 11.6 Å². The molecule has 0 radical (unpaired) electrons. The quantitative estimate of drug-likeness (QED) is 0.747. The van der Waals surface area contributed by atoms with Crippen LogP contribution < -0.4 is 4.74 Å². The van der Waals surface area contributed by atoms with Crippen LogP contribution in [0.15, 0.2) is 29.3 Å². The summed E-state index contributed by atoms with van der Waals surface area (Å²) in [6.45, 7) is 3.71. The number of hydrogen-bond donors (Lipinski definition) is 0. The Balaban J connectivity index is 2.82. The molecule has 0 aliphatic heterocycles. The van der Waals surface area contributed by atoms with E-state index in [2.05, 4.69) is 4.99 Å². The Morgan fingerprint density at radius 1 is 1.24 bits per heavy atom. The topological polar surface area (TPSA) is 21.6 Å². The van der Waals surface area contributed by atoms with Crippen LogP contribution in [0.3, 0.4) is 0 Å². The molecule has 17 heavy (non-hydrogen) atoms. The first-order valence-corrected chi connectivity index (χ1v) is 5.25. The maximum absolute atomic E-state index is 12.1. The molecule has 0 aromatic heterocycles. The van der Waals surface area contributed by atoms with Gasteiger partial charge in [0.05, 0.1) is 11.8 Å². The van der Waals surface area contributed by atoms with Gasteiger partial charge in [0.15, 0.2) is 0 Å². The van der Waals surface area contributed by atoms with Gasteiger partial charge in [-0.25, -0.2) is 4.99 Å². The zero-order chi connectivity index (χ0) is 13.1. The molecule has 0 saturated carbocycles. The summed E-state index contributed by atoms with van der Waals surface area (Å²) in [6.07, 6.45) is -4.61. The molecule has 0 saturated heterocycles. The highest BCUT2D eigenvalue weighted by molar-refractivity contribution is 6.67. The van der Waals surface area contributed by atoms with Crippen molar-refractivity contribution in [3.05, 3.63) is 24.3 Å². The number of aliphatic imine (C=N–C) groups is 1. The lowest BCUT2D eigenvalue weighted by Gasteiger charge is -2.09. The molecular formula is C11H11ClF3NO. The van der Waals surface area contributed by atoms with E-state index in [1.54, 1.807) is 12.1 Å². The molecule has 0 fully saturated rings. The normalized spacial score (nSPS) is 13.0. The summed E-state index contributed by atoms with van der Waals surface area (Å²) < 4.78 is 41.6. The van der Waals surface area contributed by atoms with Crippen molar-refractivity contribution < 1.29 is 17.9 Å². The van der Waals surface area contributed by atoms with Crippen LogP contribution in [0.25, 0.3) is 0 Å². The molecule has 2 nitrogen and oxygen atoms in total. The Kier molecular flexibility index (Phi) is 4.40. The van der Waals surface area contributed by atoms with Crippen molar-refractivity contribution in [1.82, 2.24) is 0 Å². The first-order valence-electron chi connectivity index (χ1n) is 4.87. The van der Waals surface area contributed by atoms with Gasteiger partial charge < -0.3 is 4.74 Å². The zero-order valence-corrected chi connectivity index (χ0v) is 10.0. The molecule has 1 aromatic rings. The molecule has 6 heteroatoms. The lowest BCUT2D eigenvalue weighted by Crippen LogP contribution is -2.16. The number of nitrogens with zero attached hydrogens (tertiary/aromatic N) is 1. The number of halogens is 4. The summed E-state index contributed by atoms with van der Waals surface area (Å²) in [4.78, 5) is 3.25. The van der Waals surface area contributed by atoms with E-state index in [4.69, 9.17) is 16.3 Å². The monoisotopic (exact) mass is 265 g/mol.